The fraction of sp³-hybridized carbons (Fsp3) is 0.179. The Hall–Kier alpha value is -4.60. The molecule has 1 atom stereocenters. The highest BCUT2D eigenvalue weighted by atomic mass is 19.4. The summed E-state index contributed by atoms with van der Waals surface area (Å²) >= 11 is 0. The number of para-hydroxylation sites is 1. The summed E-state index contributed by atoms with van der Waals surface area (Å²) in [6.07, 6.45) is -3.61. The number of aryl methyl sites for hydroxylation is 1. The molecule has 0 bridgehead atoms. The van der Waals surface area contributed by atoms with E-state index in [0.717, 1.165) is 0 Å². The van der Waals surface area contributed by atoms with Gasteiger partial charge in [-0.25, -0.2) is 4.79 Å². The van der Waals surface area contributed by atoms with Gasteiger partial charge >= 0.3 is 12.1 Å². The van der Waals surface area contributed by atoms with Crippen LogP contribution in [0.1, 0.15) is 45.6 Å². The summed E-state index contributed by atoms with van der Waals surface area (Å²) in [7, 11) is 1.49. The number of alkyl halides is 3. The van der Waals surface area contributed by atoms with E-state index in [0.29, 0.717) is 28.1 Å². The van der Waals surface area contributed by atoms with Crippen LogP contribution in [0, 0.1) is 6.92 Å². The van der Waals surface area contributed by atoms with Crippen molar-refractivity contribution in [3.63, 3.8) is 0 Å². The molecule has 0 spiro atoms. The zero-order valence-electron chi connectivity index (χ0n) is 20.7. The lowest BCUT2D eigenvalue weighted by molar-refractivity contribution is -0.138. The van der Waals surface area contributed by atoms with Crippen molar-refractivity contribution in [2.24, 2.45) is 4.99 Å². The van der Waals surface area contributed by atoms with Gasteiger partial charge < -0.3 is 20.6 Å². The predicted octanol–water partition coefficient (Wildman–Crippen LogP) is 6.29. The first-order valence-electron chi connectivity index (χ1n) is 11.5. The Morgan fingerprint density at radius 3 is 2.53 bits per heavy atom. The van der Waals surface area contributed by atoms with Crippen molar-refractivity contribution >= 4 is 34.5 Å². The van der Waals surface area contributed by atoms with Crippen molar-refractivity contribution in [1.82, 2.24) is 0 Å². The minimum absolute atomic E-state index is 0.00350. The first-order chi connectivity index (χ1) is 17.9. The number of fused-ring (bicyclic) bond motifs is 1. The summed E-state index contributed by atoms with van der Waals surface area (Å²) in [6.45, 7) is 3.35. The second-order valence-electron chi connectivity index (χ2n) is 8.81. The number of benzene rings is 3. The third kappa shape index (κ3) is 4.97. The SMILES string of the molecule is CN=Cc1cc(-c2oc3c(C(C)Nc4ccccc4C(=O)O)cc(C)cc3c(=O)c2C(F)(F)F)ccc1N. The van der Waals surface area contributed by atoms with Gasteiger partial charge in [-0.15, -0.1) is 0 Å². The molecule has 0 aliphatic carbocycles. The van der Waals surface area contributed by atoms with Gasteiger partial charge in [0.1, 0.15) is 11.1 Å². The number of nitrogen functional groups attached to an aromatic ring is 1. The largest absolute Gasteiger partial charge is 0.478 e. The average molecular weight is 524 g/mol. The summed E-state index contributed by atoms with van der Waals surface area (Å²) in [5, 5.41) is 12.4. The zero-order valence-corrected chi connectivity index (χ0v) is 20.7. The zero-order chi connectivity index (χ0) is 27.8. The van der Waals surface area contributed by atoms with Crippen LogP contribution in [0.4, 0.5) is 24.5 Å². The highest BCUT2D eigenvalue weighted by Crippen LogP contribution is 2.39. The molecular weight excluding hydrogens is 499 g/mol. The molecule has 38 heavy (non-hydrogen) atoms. The van der Waals surface area contributed by atoms with Crippen molar-refractivity contribution in [3.8, 4) is 11.3 Å². The van der Waals surface area contributed by atoms with Crippen LogP contribution in [-0.4, -0.2) is 24.3 Å². The number of aliphatic imine (C=N–C) groups is 1. The van der Waals surface area contributed by atoms with E-state index in [-0.39, 0.29) is 22.1 Å². The average Bonchev–Trinajstić information content (AvgIpc) is 2.84. The van der Waals surface area contributed by atoms with E-state index in [9.17, 15) is 27.9 Å². The van der Waals surface area contributed by atoms with Crippen LogP contribution in [0.5, 0.6) is 0 Å². The van der Waals surface area contributed by atoms with Gasteiger partial charge in [-0.3, -0.25) is 9.79 Å². The number of nitrogens with one attached hydrogen (secondary N) is 1. The van der Waals surface area contributed by atoms with Gasteiger partial charge in [-0.05, 0) is 55.8 Å². The molecule has 0 aliphatic rings. The van der Waals surface area contributed by atoms with Crippen LogP contribution < -0.4 is 16.5 Å². The molecule has 196 valence electrons. The molecule has 3 aromatic carbocycles. The second-order valence-corrected chi connectivity index (χ2v) is 8.81. The first kappa shape index (κ1) is 26.5. The van der Waals surface area contributed by atoms with Crippen LogP contribution >= 0.6 is 0 Å². The molecule has 1 aromatic heterocycles. The number of hydrogen-bond donors (Lipinski definition) is 3. The molecule has 0 fully saturated rings. The van der Waals surface area contributed by atoms with Gasteiger partial charge in [-0.1, -0.05) is 18.2 Å². The first-order valence-corrected chi connectivity index (χ1v) is 11.5. The predicted molar refractivity (Wildman–Crippen MR) is 141 cm³/mol. The van der Waals surface area contributed by atoms with Crippen molar-refractivity contribution in [3.05, 3.63) is 92.6 Å². The van der Waals surface area contributed by atoms with E-state index in [4.69, 9.17) is 10.2 Å². The van der Waals surface area contributed by atoms with Gasteiger partial charge in [-0.2, -0.15) is 13.2 Å². The van der Waals surface area contributed by atoms with E-state index in [2.05, 4.69) is 10.3 Å². The highest BCUT2D eigenvalue weighted by Gasteiger charge is 2.40. The number of rotatable bonds is 6. The van der Waals surface area contributed by atoms with Crippen LogP contribution in [0.25, 0.3) is 22.3 Å². The van der Waals surface area contributed by atoms with Crippen molar-refractivity contribution in [2.75, 3.05) is 18.1 Å². The molecule has 0 saturated carbocycles. The lowest BCUT2D eigenvalue weighted by atomic mass is 9.97. The molecule has 4 N–H and O–H groups in total. The number of carboxylic acids is 1. The molecular formula is C28H24F3N3O4. The minimum atomic E-state index is -5.00. The second kappa shape index (κ2) is 10.0. The molecule has 10 heteroatoms. The van der Waals surface area contributed by atoms with Crippen molar-refractivity contribution < 1.29 is 27.5 Å². The molecule has 1 unspecified atom stereocenters. The fourth-order valence-corrected chi connectivity index (χ4v) is 4.33. The Kier molecular flexibility index (Phi) is 6.99. The third-order valence-corrected chi connectivity index (χ3v) is 6.06. The summed E-state index contributed by atoms with van der Waals surface area (Å²) in [6, 6.07) is 12.8. The summed E-state index contributed by atoms with van der Waals surface area (Å²) in [5.74, 6) is -1.79. The van der Waals surface area contributed by atoms with Crippen LogP contribution in [0.15, 0.2) is 68.8 Å². The van der Waals surface area contributed by atoms with Crippen LogP contribution in [-0.2, 0) is 6.18 Å². The maximum Gasteiger partial charge on any atom is 0.423 e. The number of halogens is 3. The molecule has 0 radical (unpaired) electrons. The normalized spacial score (nSPS) is 12.7. The molecule has 4 aromatic rings. The lowest BCUT2D eigenvalue weighted by Gasteiger charge is -2.20. The van der Waals surface area contributed by atoms with Crippen molar-refractivity contribution in [2.45, 2.75) is 26.1 Å². The van der Waals surface area contributed by atoms with Gasteiger partial charge in [0.15, 0.2) is 5.76 Å². The Balaban J connectivity index is 2.00. The monoisotopic (exact) mass is 523 g/mol. The lowest BCUT2D eigenvalue weighted by Crippen LogP contribution is -2.22. The smallest absolute Gasteiger partial charge is 0.423 e. The van der Waals surface area contributed by atoms with E-state index in [1.54, 1.807) is 38.1 Å². The molecule has 0 saturated heterocycles. The minimum Gasteiger partial charge on any atom is -0.478 e. The third-order valence-electron chi connectivity index (χ3n) is 6.06. The highest BCUT2D eigenvalue weighted by molar-refractivity contribution is 5.94. The topological polar surface area (TPSA) is 118 Å². The van der Waals surface area contributed by atoms with Gasteiger partial charge in [0, 0.05) is 41.3 Å². The Labute approximate surface area is 215 Å². The van der Waals surface area contributed by atoms with E-state index in [1.165, 1.54) is 43.6 Å². The number of carbonyl (C=O) groups is 1. The quantitative estimate of drug-likeness (QED) is 0.202. The maximum atomic E-state index is 14.2. The van der Waals surface area contributed by atoms with Crippen LogP contribution in [0.3, 0.4) is 0 Å². The molecule has 1 heterocycles. The summed E-state index contributed by atoms with van der Waals surface area (Å²) in [4.78, 5) is 28.9. The van der Waals surface area contributed by atoms with Gasteiger partial charge in [0.05, 0.1) is 17.0 Å². The Bertz CT molecular complexity index is 1640. The van der Waals surface area contributed by atoms with E-state index < -0.39 is 34.9 Å². The van der Waals surface area contributed by atoms with E-state index >= 15 is 0 Å². The molecule has 0 amide bonds. The molecule has 0 aliphatic heterocycles. The number of nitrogens with zero attached hydrogens (tertiary/aromatic N) is 1. The maximum absolute atomic E-state index is 14.2. The Morgan fingerprint density at radius 1 is 1.16 bits per heavy atom. The molecule has 7 nitrogen and oxygen atoms in total. The van der Waals surface area contributed by atoms with Gasteiger partial charge in [0.2, 0.25) is 5.43 Å². The van der Waals surface area contributed by atoms with Crippen LogP contribution in [0.2, 0.25) is 0 Å². The van der Waals surface area contributed by atoms with Gasteiger partial charge in [0.25, 0.3) is 0 Å². The molecule has 4 rings (SSSR count). The number of anilines is 2. The number of nitrogens with two attached hydrogens (primary N) is 1. The number of hydrogen-bond acceptors (Lipinski definition) is 6. The summed E-state index contributed by atoms with van der Waals surface area (Å²) in [5.41, 5.74) is 5.15. The summed E-state index contributed by atoms with van der Waals surface area (Å²) < 4.78 is 48.6. The van der Waals surface area contributed by atoms with Crippen molar-refractivity contribution in [1.29, 1.82) is 0 Å². The number of carboxylic acid groups (broad SMARTS) is 1. The number of aromatic carboxylic acids is 1. The fourth-order valence-electron chi connectivity index (χ4n) is 4.33. The Morgan fingerprint density at radius 2 is 1.87 bits per heavy atom. The standard InChI is InChI=1S/C28H24F3N3O4/c1-14-10-19(15(2)34-22-7-5-4-6-18(22)27(36)37)26-20(11-14)24(35)23(28(29,30)31)25(38-26)16-8-9-21(32)17(12-16)13-33-3/h4-13,15,34H,32H2,1-3H3,(H,36,37). The van der Waals surface area contributed by atoms with E-state index in [1.807, 2.05) is 0 Å².